The second-order valence-corrected chi connectivity index (χ2v) is 5.89. The van der Waals surface area contributed by atoms with Gasteiger partial charge in [0, 0.05) is 19.1 Å². The van der Waals surface area contributed by atoms with Crippen LogP contribution in [-0.2, 0) is 23.7 Å². The number of amides is 1. The molecule has 2 aliphatic rings. The SMILES string of the molecule is CCO[C@H]1O[C@@H]2COC(c3ccccc3)O[C@H]2[C@H](O)[C@@H]1NC(C)=O. The smallest absolute Gasteiger partial charge is 0.217 e. The lowest BCUT2D eigenvalue weighted by Crippen LogP contribution is -2.66. The maximum absolute atomic E-state index is 11.5. The normalized spacial score (nSPS) is 36.0. The highest BCUT2D eigenvalue weighted by molar-refractivity contribution is 5.73. The maximum atomic E-state index is 11.5. The van der Waals surface area contributed by atoms with Gasteiger partial charge < -0.3 is 29.4 Å². The second kappa shape index (κ2) is 7.58. The molecule has 0 radical (unpaired) electrons. The summed E-state index contributed by atoms with van der Waals surface area (Å²) in [6, 6.07) is 8.80. The molecule has 0 bridgehead atoms. The third kappa shape index (κ3) is 3.60. The predicted molar refractivity (Wildman–Crippen MR) is 83.9 cm³/mol. The van der Waals surface area contributed by atoms with E-state index in [9.17, 15) is 9.90 Å². The van der Waals surface area contributed by atoms with Crippen molar-refractivity contribution in [3.8, 4) is 0 Å². The minimum Gasteiger partial charge on any atom is -0.388 e. The molecule has 6 atom stereocenters. The van der Waals surface area contributed by atoms with Crippen LogP contribution in [0.3, 0.4) is 0 Å². The average molecular weight is 337 g/mol. The fraction of sp³-hybridized carbons (Fsp3) is 0.588. The van der Waals surface area contributed by atoms with Crippen LogP contribution in [0.2, 0.25) is 0 Å². The lowest BCUT2D eigenvalue weighted by molar-refractivity contribution is -0.343. The minimum atomic E-state index is -0.959. The summed E-state index contributed by atoms with van der Waals surface area (Å²) in [4.78, 5) is 11.5. The van der Waals surface area contributed by atoms with Gasteiger partial charge in [0.1, 0.15) is 24.4 Å². The number of aliphatic hydroxyl groups excluding tert-OH is 1. The number of aliphatic hydroxyl groups is 1. The van der Waals surface area contributed by atoms with E-state index in [0.29, 0.717) is 6.61 Å². The molecule has 1 unspecified atom stereocenters. The molecular weight excluding hydrogens is 314 g/mol. The highest BCUT2D eigenvalue weighted by Crippen LogP contribution is 2.34. The molecule has 2 N–H and O–H groups in total. The molecule has 2 aliphatic heterocycles. The molecule has 24 heavy (non-hydrogen) atoms. The van der Waals surface area contributed by atoms with E-state index in [4.69, 9.17) is 18.9 Å². The Hall–Kier alpha value is -1.51. The van der Waals surface area contributed by atoms with Gasteiger partial charge in [-0.1, -0.05) is 30.3 Å². The summed E-state index contributed by atoms with van der Waals surface area (Å²) in [5.74, 6) is -0.266. The van der Waals surface area contributed by atoms with Crippen LogP contribution in [-0.4, -0.2) is 54.9 Å². The number of fused-ring (bicyclic) bond motifs is 1. The topological polar surface area (TPSA) is 86.2 Å². The lowest BCUT2D eigenvalue weighted by Gasteiger charge is -2.47. The van der Waals surface area contributed by atoms with Gasteiger partial charge in [0.15, 0.2) is 12.6 Å². The van der Waals surface area contributed by atoms with Crippen molar-refractivity contribution in [2.75, 3.05) is 13.2 Å². The molecule has 1 aromatic rings. The van der Waals surface area contributed by atoms with Gasteiger partial charge in [0.25, 0.3) is 0 Å². The van der Waals surface area contributed by atoms with Gasteiger partial charge in [-0.25, -0.2) is 0 Å². The first-order chi connectivity index (χ1) is 11.6. The predicted octanol–water partition coefficient (Wildman–Crippen LogP) is 0.728. The molecule has 2 heterocycles. The Balaban J connectivity index is 1.76. The van der Waals surface area contributed by atoms with Gasteiger partial charge in [-0.3, -0.25) is 4.79 Å². The van der Waals surface area contributed by atoms with Crippen LogP contribution in [0.4, 0.5) is 0 Å². The Kier molecular flexibility index (Phi) is 5.47. The van der Waals surface area contributed by atoms with Gasteiger partial charge >= 0.3 is 0 Å². The van der Waals surface area contributed by atoms with Gasteiger partial charge in [-0.05, 0) is 6.92 Å². The van der Waals surface area contributed by atoms with Crippen LogP contribution in [0.1, 0.15) is 25.7 Å². The first-order valence-corrected chi connectivity index (χ1v) is 8.14. The van der Waals surface area contributed by atoms with Crippen molar-refractivity contribution < 1.29 is 28.8 Å². The summed E-state index contributed by atoms with van der Waals surface area (Å²) >= 11 is 0. The maximum Gasteiger partial charge on any atom is 0.217 e. The summed E-state index contributed by atoms with van der Waals surface area (Å²) < 4.78 is 23.0. The van der Waals surface area contributed by atoms with E-state index in [1.165, 1.54) is 6.92 Å². The molecular formula is C17H23NO6. The Labute approximate surface area is 140 Å². The molecule has 0 aromatic heterocycles. The van der Waals surface area contributed by atoms with Crippen LogP contribution in [0.15, 0.2) is 30.3 Å². The van der Waals surface area contributed by atoms with Gasteiger partial charge in [-0.2, -0.15) is 0 Å². The van der Waals surface area contributed by atoms with Crippen molar-refractivity contribution in [1.82, 2.24) is 5.32 Å². The Bertz CT molecular complexity index is 553. The fourth-order valence-corrected chi connectivity index (χ4v) is 3.07. The zero-order valence-corrected chi connectivity index (χ0v) is 13.8. The molecule has 1 amide bonds. The van der Waals surface area contributed by atoms with Crippen LogP contribution >= 0.6 is 0 Å². The van der Waals surface area contributed by atoms with Crippen molar-refractivity contribution in [2.24, 2.45) is 0 Å². The van der Waals surface area contributed by atoms with E-state index >= 15 is 0 Å². The van der Waals surface area contributed by atoms with Gasteiger partial charge in [-0.15, -0.1) is 0 Å². The zero-order chi connectivity index (χ0) is 17.1. The third-order valence-electron chi connectivity index (χ3n) is 4.14. The number of hydrogen-bond acceptors (Lipinski definition) is 6. The number of ether oxygens (including phenoxy) is 4. The molecule has 0 spiro atoms. The molecule has 0 saturated carbocycles. The standard InChI is InChI=1S/C17H23NO6/c1-3-21-17-13(18-10(2)19)14(20)15-12(23-17)9-22-16(24-15)11-7-5-4-6-8-11/h4-8,12-17,20H,3,9H2,1-2H3,(H,18,19)/t12-,13+,14-,15-,16?,17+/m1/s1. The van der Waals surface area contributed by atoms with Gasteiger partial charge in [0.05, 0.1) is 6.61 Å². The largest absolute Gasteiger partial charge is 0.388 e. The highest BCUT2D eigenvalue weighted by Gasteiger charge is 2.50. The van der Waals surface area contributed by atoms with Crippen LogP contribution in [0.5, 0.6) is 0 Å². The molecule has 0 aliphatic carbocycles. The minimum absolute atomic E-state index is 0.266. The van der Waals surface area contributed by atoms with E-state index in [1.54, 1.807) is 0 Å². The molecule has 7 nitrogen and oxygen atoms in total. The number of rotatable bonds is 4. The van der Waals surface area contributed by atoms with E-state index < -0.39 is 36.9 Å². The van der Waals surface area contributed by atoms with Gasteiger partial charge in [0.2, 0.25) is 5.91 Å². The Morgan fingerprint density at radius 2 is 2.08 bits per heavy atom. The lowest BCUT2D eigenvalue weighted by atomic mass is 9.95. The van der Waals surface area contributed by atoms with Crippen molar-refractivity contribution in [3.63, 3.8) is 0 Å². The number of benzene rings is 1. The summed E-state index contributed by atoms with van der Waals surface area (Å²) in [7, 11) is 0. The zero-order valence-electron chi connectivity index (χ0n) is 13.8. The van der Waals surface area contributed by atoms with Crippen LogP contribution in [0, 0.1) is 0 Å². The second-order valence-electron chi connectivity index (χ2n) is 5.89. The van der Waals surface area contributed by atoms with Crippen molar-refractivity contribution in [3.05, 3.63) is 35.9 Å². The van der Waals surface area contributed by atoms with E-state index in [-0.39, 0.29) is 12.5 Å². The number of carbonyl (C=O) groups is 1. The molecule has 3 rings (SSSR count). The Morgan fingerprint density at radius 1 is 1.33 bits per heavy atom. The van der Waals surface area contributed by atoms with Crippen LogP contribution < -0.4 is 5.32 Å². The summed E-state index contributed by atoms with van der Waals surface area (Å²) in [5, 5.41) is 13.4. The molecule has 7 heteroatoms. The fourth-order valence-electron chi connectivity index (χ4n) is 3.07. The molecule has 132 valence electrons. The monoisotopic (exact) mass is 337 g/mol. The van der Waals surface area contributed by atoms with Crippen molar-refractivity contribution >= 4 is 5.91 Å². The number of carbonyl (C=O) groups excluding carboxylic acids is 1. The summed E-state index contributed by atoms with van der Waals surface area (Å²) in [5.41, 5.74) is 0.867. The number of nitrogens with one attached hydrogen (secondary N) is 1. The van der Waals surface area contributed by atoms with E-state index in [1.807, 2.05) is 37.3 Å². The van der Waals surface area contributed by atoms with Crippen LogP contribution in [0.25, 0.3) is 0 Å². The Morgan fingerprint density at radius 3 is 2.75 bits per heavy atom. The van der Waals surface area contributed by atoms with Crippen molar-refractivity contribution in [1.29, 1.82) is 0 Å². The van der Waals surface area contributed by atoms with Crippen molar-refractivity contribution in [2.45, 2.75) is 50.8 Å². The molecule has 2 saturated heterocycles. The first-order valence-electron chi connectivity index (χ1n) is 8.14. The van der Waals surface area contributed by atoms with E-state index in [0.717, 1.165) is 5.56 Å². The molecule has 1 aromatic carbocycles. The quantitative estimate of drug-likeness (QED) is 0.842. The summed E-state index contributed by atoms with van der Waals surface area (Å²) in [6.07, 6.45) is -3.35. The third-order valence-corrected chi connectivity index (χ3v) is 4.14. The first kappa shape index (κ1) is 17.3. The van der Waals surface area contributed by atoms with E-state index in [2.05, 4.69) is 5.32 Å². The highest BCUT2D eigenvalue weighted by atomic mass is 16.7. The molecule has 2 fully saturated rings. The summed E-state index contributed by atoms with van der Waals surface area (Å²) in [6.45, 7) is 3.89. The average Bonchev–Trinajstić information content (AvgIpc) is 2.59. The number of hydrogen-bond donors (Lipinski definition) is 2.